The Kier molecular flexibility index (Phi) is 5.54. The molecule has 0 fully saturated rings. The molecular weight excluding hydrogens is 326 g/mol. The van der Waals surface area contributed by atoms with Crippen molar-refractivity contribution >= 4 is 0 Å². The maximum Gasteiger partial charge on any atom is 0.129 e. The van der Waals surface area contributed by atoms with Gasteiger partial charge in [0.1, 0.15) is 24.2 Å². The van der Waals surface area contributed by atoms with Crippen LogP contribution in [0.2, 0.25) is 0 Å². The third-order valence-corrected chi connectivity index (χ3v) is 4.34. The predicted molar refractivity (Wildman–Crippen MR) is 102 cm³/mol. The van der Waals surface area contributed by atoms with Crippen LogP contribution in [0.1, 0.15) is 34.1 Å². The van der Waals surface area contributed by atoms with E-state index in [-0.39, 0.29) is 0 Å². The van der Waals surface area contributed by atoms with Crippen molar-refractivity contribution in [3.8, 4) is 11.5 Å². The van der Waals surface area contributed by atoms with Crippen LogP contribution < -0.4 is 9.47 Å². The van der Waals surface area contributed by atoms with E-state index in [0.29, 0.717) is 23.7 Å². The lowest BCUT2D eigenvalue weighted by Crippen LogP contribution is -2.07. The van der Waals surface area contributed by atoms with E-state index in [0.717, 1.165) is 22.4 Å². The fraction of sp³-hybridized carbons (Fsp3) is 0.227. The lowest BCUT2D eigenvalue weighted by molar-refractivity contribution is 0.207. The van der Waals surface area contributed by atoms with Crippen LogP contribution in [0.25, 0.3) is 0 Å². The number of aromatic nitrogens is 1. The molecule has 0 radical (unpaired) electrons. The highest BCUT2D eigenvalue weighted by molar-refractivity contribution is 5.46. The van der Waals surface area contributed by atoms with Crippen molar-refractivity contribution in [3.63, 3.8) is 0 Å². The first-order chi connectivity index (χ1) is 12.6. The molecule has 0 aliphatic carbocycles. The number of methoxy groups -OCH3 is 1. The minimum Gasteiger partial charge on any atom is -0.497 e. The number of aryl methyl sites for hydroxylation is 2. The normalized spacial score (nSPS) is 11.8. The van der Waals surface area contributed by atoms with Gasteiger partial charge >= 0.3 is 0 Å². The van der Waals surface area contributed by atoms with Gasteiger partial charge in [0.25, 0.3) is 0 Å². The van der Waals surface area contributed by atoms with Gasteiger partial charge in [-0.1, -0.05) is 30.3 Å². The van der Waals surface area contributed by atoms with E-state index in [1.807, 2.05) is 62.4 Å². The highest BCUT2D eigenvalue weighted by Crippen LogP contribution is 2.34. The van der Waals surface area contributed by atoms with Gasteiger partial charge in [-0.05, 0) is 43.2 Å². The third kappa shape index (κ3) is 4.03. The SMILES string of the molecule is COc1ccc(C(O)c2cnc(C)cc2C)c(OCc2ccccc2)c1. The summed E-state index contributed by atoms with van der Waals surface area (Å²) in [7, 11) is 1.61. The smallest absolute Gasteiger partial charge is 0.129 e. The zero-order chi connectivity index (χ0) is 18.5. The number of hydrogen-bond acceptors (Lipinski definition) is 4. The average Bonchev–Trinajstić information content (AvgIpc) is 2.66. The molecule has 0 amide bonds. The molecule has 3 rings (SSSR count). The first-order valence-electron chi connectivity index (χ1n) is 8.54. The average molecular weight is 349 g/mol. The van der Waals surface area contributed by atoms with Gasteiger partial charge in [0.2, 0.25) is 0 Å². The number of rotatable bonds is 6. The zero-order valence-corrected chi connectivity index (χ0v) is 15.3. The van der Waals surface area contributed by atoms with Crippen LogP contribution in [0.3, 0.4) is 0 Å². The molecule has 1 N–H and O–H groups in total. The van der Waals surface area contributed by atoms with Crippen LogP contribution in [0, 0.1) is 13.8 Å². The Morgan fingerprint density at radius 1 is 1.00 bits per heavy atom. The minimum atomic E-state index is -0.820. The van der Waals surface area contributed by atoms with E-state index >= 15 is 0 Å². The molecule has 0 bridgehead atoms. The van der Waals surface area contributed by atoms with Gasteiger partial charge in [-0.2, -0.15) is 0 Å². The quantitative estimate of drug-likeness (QED) is 0.718. The van der Waals surface area contributed by atoms with Gasteiger partial charge in [-0.3, -0.25) is 4.98 Å². The highest BCUT2D eigenvalue weighted by atomic mass is 16.5. The van der Waals surface area contributed by atoms with Crippen LogP contribution in [-0.4, -0.2) is 17.2 Å². The molecule has 2 aromatic carbocycles. The van der Waals surface area contributed by atoms with Crippen LogP contribution in [0.15, 0.2) is 60.8 Å². The number of nitrogens with zero attached hydrogens (tertiary/aromatic N) is 1. The van der Waals surface area contributed by atoms with E-state index in [4.69, 9.17) is 9.47 Å². The summed E-state index contributed by atoms with van der Waals surface area (Å²) < 4.78 is 11.3. The molecule has 26 heavy (non-hydrogen) atoms. The number of hydrogen-bond donors (Lipinski definition) is 1. The Morgan fingerprint density at radius 3 is 2.46 bits per heavy atom. The maximum absolute atomic E-state index is 10.9. The molecule has 4 heteroatoms. The molecule has 0 aliphatic heterocycles. The lowest BCUT2D eigenvalue weighted by atomic mass is 9.98. The molecule has 1 heterocycles. The molecule has 1 unspecified atom stereocenters. The molecule has 0 spiro atoms. The third-order valence-electron chi connectivity index (χ3n) is 4.34. The van der Waals surface area contributed by atoms with Crippen molar-refractivity contribution in [2.45, 2.75) is 26.6 Å². The predicted octanol–water partition coefficient (Wildman–Crippen LogP) is 4.37. The van der Waals surface area contributed by atoms with Crippen molar-refractivity contribution < 1.29 is 14.6 Å². The molecular formula is C22H23NO3. The molecule has 0 saturated carbocycles. The van der Waals surface area contributed by atoms with Crippen molar-refractivity contribution in [2.75, 3.05) is 7.11 Å². The fourth-order valence-corrected chi connectivity index (χ4v) is 2.89. The van der Waals surface area contributed by atoms with Crippen LogP contribution in [-0.2, 0) is 6.61 Å². The molecule has 4 nitrogen and oxygen atoms in total. The summed E-state index contributed by atoms with van der Waals surface area (Å²) in [5, 5.41) is 10.9. The summed E-state index contributed by atoms with van der Waals surface area (Å²) in [6.45, 7) is 4.32. The summed E-state index contributed by atoms with van der Waals surface area (Å²) in [5.41, 5.74) is 4.44. The summed E-state index contributed by atoms with van der Waals surface area (Å²) in [6.07, 6.45) is 0.903. The van der Waals surface area contributed by atoms with Crippen LogP contribution in [0.5, 0.6) is 11.5 Å². The molecule has 3 aromatic rings. The molecule has 1 atom stereocenters. The molecule has 1 aromatic heterocycles. The first kappa shape index (κ1) is 18.0. The maximum atomic E-state index is 10.9. The van der Waals surface area contributed by atoms with Crippen molar-refractivity contribution in [2.24, 2.45) is 0 Å². The summed E-state index contributed by atoms with van der Waals surface area (Å²) in [4.78, 5) is 4.32. The topological polar surface area (TPSA) is 51.6 Å². The standard InChI is InChI=1S/C22H23NO3/c1-15-11-16(2)23-13-20(15)22(24)19-10-9-18(25-3)12-21(19)26-14-17-7-5-4-6-8-17/h4-13,22,24H,14H2,1-3H3. The lowest BCUT2D eigenvalue weighted by Gasteiger charge is -2.19. The van der Waals surface area contributed by atoms with Gasteiger partial charge in [0, 0.05) is 29.1 Å². The van der Waals surface area contributed by atoms with Crippen molar-refractivity contribution in [1.82, 2.24) is 4.98 Å². The summed E-state index contributed by atoms with van der Waals surface area (Å²) in [5.74, 6) is 1.28. The number of ether oxygens (including phenoxy) is 2. The Morgan fingerprint density at radius 2 is 1.77 bits per heavy atom. The number of aliphatic hydroxyl groups is 1. The second kappa shape index (κ2) is 8.02. The fourth-order valence-electron chi connectivity index (χ4n) is 2.89. The van der Waals surface area contributed by atoms with E-state index in [1.165, 1.54) is 0 Å². The number of benzene rings is 2. The second-order valence-electron chi connectivity index (χ2n) is 6.26. The minimum absolute atomic E-state index is 0.416. The Labute approximate surface area is 154 Å². The summed E-state index contributed by atoms with van der Waals surface area (Å²) in [6, 6.07) is 17.4. The Balaban J connectivity index is 1.92. The van der Waals surface area contributed by atoms with Gasteiger partial charge < -0.3 is 14.6 Å². The molecule has 0 saturated heterocycles. The highest BCUT2D eigenvalue weighted by Gasteiger charge is 2.19. The van der Waals surface area contributed by atoms with Gasteiger partial charge in [0.15, 0.2) is 0 Å². The van der Waals surface area contributed by atoms with Gasteiger partial charge in [-0.15, -0.1) is 0 Å². The van der Waals surface area contributed by atoms with E-state index < -0.39 is 6.10 Å². The Hall–Kier alpha value is -2.85. The molecule has 0 aliphatic rings. The monoisotopic (exact) mass is 349 g/mol. The number of pyridine rings is 1. The van der Waals surface area contributed by atoms with Crippen molar-refractivity contribution in [1.29, 1.82) is 0 Å². The Bertz CT molecular complexity index is 878. The largest absolute Gasteiger partial charge is 0.497 e. The first-order valence-corrected chi connectivity index (χ1v) is 8.54. The van der Waals surface area contributed by atoms with Crippen LogP contribution in [0.4, 0.5) is 0 Å². The van der Waals surface area contributed by atoms with E-state index in [2.05, 4.69) is 4.98 Å². The van der Waals surface area contributed by atoms with Gasteiger partial charge in [-0.25, -0.2) is 0 Å². The van der Waals surface area contributed by atoms with Crippen LogP contribution >= 0.6 is 0 Å². The zero-order valence-electron chi connectivity index (χ0n) is 15.3. The summed E-state index contributed by atoms with van der Waals surface area (Å²) >= 11 is 0. The number of aliphatic hydroxyl groups excluding tert-OH is 1. The van der Waals surface area contributed by atoms with Gasteiger partial charge in [0.05, 0.1) is 7.11 Å². The van der Waals surface area contributed by atoms with E-state index in [9.17, 15) is 5.11 Å². The van der Waals surface area contributed by atoms with Crippen molar-refractivity contribution in [3.05, 3.63) is 88.7 Å². The molecule has 134 valence electrons. The second-order valence-corrected chi connectivity index (χ2v) is 6.26. The van der Waals surface area contributed by atoms with E-state index in [1.54, 1.807) is 19.4 Å².